The van der Waals surface area contributed by atoms with Crippen molar-refractivity contribution in [3.8, 4) is 0 Å². The van der Waals surface area contributed by atoms with Crippen molar-refractivity contribution in [1.29, 1.82) is 0 Å². The van der Waals surface area contributed by atoms with E-state index in [1.807, 2.05) is 19.2 Å². The van der Waals surface area contributed by atoms with Crippen LogP contribution in [0.2, 0.25) is 0 Å². The predicted octanol–water partition coefficient (Wildman–Crippen LogP) is 2.47. The summed E-state index contributed by atoms with van der Waals surface area (Å²) in [5, 5.41) is 7.50. The Morgan fingerprint density at radius 2 is 2.19 bits per heavy atom. The SMILES string of the molecule is Cc1nonc1CC(=O)N(C)CC1CCCN(CCc2ccccc2F)C1. The predicted molar refractivity (Wildman–Crippen MR) is 99.6 cm³/mol. The molecule has 146 valence electrons. The highest BCUT2D eigenvalue weighted by Gasteiger charge is 2.23. The summed E-state index contributed by atoms with van der Waals surface area (Å²) in [6, 6.07) is 6.97. The molecule has 1 aromatic carbocycles. The van der Waals surface area contributed by atoms with E-state index in [1.165, 1.54) is 6.07 Å². The van der Waals surface area contributed by atoms with Crippen LogP contribution in [0.4, 0.5) is 4.39 Å². The van der Waals surface area contributed by atoms with E-state index in [-0.39, 0.29) is 18.1 Å². The monoisotopic (exact) mass is 374 g/mol. The van der Waals surface area contributed by atoms with Crippen molar-refractivity contribution in [2.24, 2.45) is 5.92 Å². The minimum Gasteiger partial charge on any atom is -0.345 e. The third kappa shape index (κ3) is 5.35. The Kier molecular flexibility index (Phi) is 6.55. The van der Waals surface area contributed by atoms with Gasteiger partial charge in [-0.2, -0.15) is 0 Å². The lowest BCUT2D eigenvalue weighted by Crippen LogP contribution is -2.42. The van der Waals surface area contributed by atoms with Gasteiger partial charge in [0, 0.05) is 26.7 Å². The molecule has 27 heavy (non-hydrogen) atoms. The maximum absolute atomic E-state index is 13.8. The van der Waals surface area contributed by atoms with E-state index in [9.17, 15) is 9.18 Å². The average molecular weight is 374 g/mol. The van der Waals surface area contributed by atoms with Crippen molar-refractivity contribution in [2.45, 2.75) is 32.6 Å². The molecule has 3 rings (SSSR count). The Morgan fingerprint density at radius 3 is 2.93 bits per heavy atom. The second-order valence-corrected chi connectivity index (χ2v) is 7.40. The molecule has 0 saturated carbocycles. The molecular formula is C20H27FN4O2. The number of likely N-dealkylation sites (tertiary alicyclic amines) is 1. The van der Waals surface area contributed by atoms with Crippen LogP contribution >= 0.6 is 0 Å². The normalized spacial score (nSPS) is 17.8. The zero-order valence-electron chi connectivity index (χ0n) is 16.0. The summed E-state index contributed by atoms with van der Waals surface area (Å²) in [6.07, 6.45) is 3.15. The van der Waals surface area contributed by atoms with Crippen molar-refractivity contribution in [3.05, 3.63) is 47.0 Å². The van der Waals surface area contributed by atoms with Crippen LogP contribution in [-0.2, 0) is 17.6 Å². The number of nitrogens with zero attached hydrogens (tertiary/aromatic N) is 4. The van der Waals surface area contributed by atoms with Crippen molar-refractivity contribution in [2.75, 3.05) is 33.2 Å². The summed E-state index contributed by atoms with van der Waals surface area (Å²) in [6.45, 7) is 5.33. The summed E-state index contributed by atoms with van der Waals surface area (Å²) in [5.74, 6) is 0.330. The standard InChI is InChI=1S/C20H27FN4O2/c1-15-19(23-27-22-15)12-20(26)24(2)13-16-6-5-10-25(14-16)11-9-17-7-3-4-8-18(17)21/h3-4,7-8,16H,5-6,9-14H2,1-2H3. The van der Waals surface area contributed by atoms with E-state index >= 15 is 0 Å². The molecule has 0 radical (unpaired) electrons. The van der Waals surface area contributed by atoms with Gasteiger partial charge in [-0.05, 0) is 50.3 Å². The average Bonchev–Trinajstić information content (AvgIpc) is 3.06. The first kappa shape index (κ1) is 19.5. The third-order valence-electron chi connectivity index (χ3n) is 5.28. The van der Waals surface area contributed by atoms with Crippen LogP contribution in [0.25, 0.3) is 0 Å². The first-order chi connectivity index (χ1) is 13.0. The summed E-state index contributed by atoms with van der Waals surface area (Å²) in [4.78, 5) is 16.6. The van der Waals surface area contributed by atoms with Crippen molar-refractivity contribution < 1.29 is 13.8 Å². The Balaban J connectivity index is 1.46. The molecule has 1 fully saturated rings. The van der Waals surface area contributed by atoms with Gasteiger partial charge in [0.05, 0.1) is 6.42 Å². The van der Waals surface area contributed by atoms with E-state index < -0.39 is 0 Å². The molecule has 2 heterocycles. The first-order valence-corrected chi connectivity index (χ1v) is 9.50. The quantitative estimate of drug-likeness (QED) is 0.745. The Morgan fingerprint density at radius 1 is 1.37 bits per heavy atom. The lowest BCUT2D eigenvalue weighted by Gasteiger charge is -2.34. The molecule has 0 N–H and O–H groups in total. The molecule has 1 atom stereocenters. The molecule has 1 aliphatic rings. The molecule has 0 spiro atoms. The van der Waals surface area contributed by atoms with E-state index in [4.69, 9.17) is 0 Å². The summed E-state index contributed by atoms with van der Waals surface area (Å²) in [5.41, 5.74) is 2.03. The van der Waals surface area contributed by atoms with Gasteiger partial charge in [0.15, 0.2) is 0 Å². The molecule has 1 saturated heterocycles. The van der Waals surface area contributed by atoms with Gasteiger partial charge in [0.25, 0.3) is 0 Å². The number of piperidine rings is 1. The van der Waals surface area contributed by atoms with E-state index in [1.54, 1.807) is 17.9 Å². The van der Waals surface area contributed by atoms with Gasteiger partial charge in [-0.25, -0.2) is 9.02 Å². The van der Waals surface area contributed by atoms with Crippen molar-refractivity contribution in [1.82, 2.24) is 20.1 Å². The van der Waals surface area contributed by atoms with Crippen LogP contribution in [0.15, 0.2) is 28.9 Å². The van der Waals surface area contributed by atoms with E-state index in [2.05, 4.69) is 19.8 Å². The zero-order chi connectivity index (χ0) is 19.2. The fraction of sp³-hybridized carbons (Fsp3) is 0.550. The van der Waals surface area contributed by atoms with Gasteiger partial charge in [-0.1, -0.05) is 28.5 Å². The molecule has 1 amide bonds. The number of hydrogen-bond donors (Lipinski definition) is 0. The van der Waals surface area contributed by atoms with Gasteiger partial charge in [0.1, 0.15) is 17.2 Å². The van der Waals surface area contributed by atoms with Crippen LogP contribution in [0.1, 0.15) is 29.8 Å². The minimum atomic E-state index is -0.131. The Labute approximate surface area is 159 Å². The van der Waals surface area contributed by atoms with Crippen LogP contribution in [0, 0.1) is 18.7 Å². The molecule has 1 aromatic heterocycles. The molecule has 1 unspecified atom stereocenters. The number of carbonyl (C=O) groups is 1. The van der Waals surface area contributed by atoms with E-state index in [0.29, 0.717) is 23.7 Å². The maximum Gasteiger partial charge on any atom is 0.228 e. The lowest BCUT2D eigenvalue weighted by atomic mass is 9.97. The minimum absolute atomic E-state index is 0.0253. The fourth-order valence-electron chi connectivity index (χ4n) is 3.66. The number of benzene rings is 1. The Hall–Kier alpha value is -2.28. The number of carbonyl (C=O) groups excluding carboxylic acids is 1. The largest absolute Gasteiger partial charge is 0.345 e. The number of amides is 1. The van der Waals surface area contributed by atoms with Gasteiger partial charge in [-0.15, -0.1) is 0 Å². The summed E-state index contributed by atoms with van der Waals surface area (Å²) >= 11 is 0. The highest BCUT2D eigenvalue weighted by atomic mass is 19.1. The van der Waals surface area contributed by atoms with Gasteiger partial charge in [-0.3, -0.25) is 4.79 Å². The number of likely N-dealkylation sites (N-methyl/N-ethyl adjacent to an activating group) is 1. The number of aromatic nitrogens is 2. The van der Waals surface area contributed by atoms with Crippen molar-refractivity contribution in [3.63, 3.8) is 0 Å². The maximum atomic E-state index is 13.8. The van der Waals surface area contributed by atoms with Crippen LogP contribution in [0.3, 0.4) is 0 Å². The molecule has 1 aliphatic heterocycles. The van der Waals surface area contributed by atoms with Crippen LogP contribution in [0.5, 0.6) is 0 Å². The third-order valence-corrected chi connectivity index (χ3v) is 5.28. The molecule has 0 bridgehead atoms. The van der Waals surface area contributed by atoms with Gasteiger partial charge >= 0.3 is 0 Å². The van der Waals surface area contributed by atoms with Gasteiger partial charge in [0.2, 0.25) is 5.91 Å². The molecule has 0 aliphatic carbocycles. The smallest absolute Gasteiger partial charge is 0.228 e. The second-order valence-electron chi connectivity index (χ2n) is 7.40. The highest BCUT2D eigenvalue weighted by Crippen LogP contribution is 2.19. The van der Waals surface area contributed by atoms with Crippen molar-refractivity contribution >= 4 is 5.91 Å². The highest BCUT2D eigenvalue weighted by molar-refractivity contribution is 5.78. The van der Waals surface area contributed by atoms with Crippen LogP contribution in [-0.4, -0.2) is 59.2 Å². The number of aryl methyl sites for hydroxylation is 1. The Bertz CT molecular complexity index is 764. The molecule has 7 heteroatoms. The molecule has 6 nitrogen and oxygen atoms in total. The van der Waals surface area contributed by atoms with Crippen LogP contribution < -0.4 is 0 Å². The number of halogens is 1. The molecule has 2 aromatic rings. The number of rotatable bonds is 7. The fourth-order valence-corrected chi connectivity index (χ4v) is 3.66. The van der Waals surface area contributed by atoms with Gasteiger partial charge < -0.3 is 9.80 Å². The number of hydrogen-bond acceptors (Lipinski definition) is 5. The summed E-state index contributed by atoms with van der Waals surface area (Å²) < 4.78 is 18.4. The second kappa shape index (κ2) is 9.08. The summed E-state index contributed by atoms with van der Waals surface area (Å²) in [7, 11) is 1.84. The first-order valence-electron chi connectivity index (χ1n) is 9.50. The van der Waals surface area contributed by atoms with E-state index in [0.717, 1.165) is 44.6 Å². The lowest BCUT2D eigenvalue weighted by molar-refractivity contribution is -0.130. The topological polar surface area (TPSA) is 62.5 Å². The zero-order valence-corrected chi connectivity index (χ0v) is 16.0. The molecular weight excluding hydrogens is 347 g/mol.